The van der Waals surface area contributed by atoms with Crippen molar-refractivity contribution in [3.05, 3.63) is 59.1 Å². The first-order chi connectivity index (χ1) is 13.8. The SMILES string of the molecule is CCC(C)(C)NC(=O)c1ccc(NCC(=O)NCCOc2ccccc2)cc1Cl. The van der Waals surface area contributed by atoms with Crippen molar-refractivity contribution in [2.24, 2.45) is 0 Å². The fourth-order valence-electron chi connectivity index (χ4n) is 2.39. The molecule has 6 nitrogen and oxygen atoms in total. The van der Waals surface area contributed by atoms with Crippen molar-refractivity contribution >= 4 is 29.1 Å². The molecular weight excluding hydrogens is 390 g/mol. The van der Waals surface area contributed by atoms with Crippen LogP contribution >= 0.6 is 11.6 Å². The Labute approximate surface area is 177 Å². The second-order valence-electron chi connectivity index (χ2n) is 7.25. The summed E-state index contributed by atoms with van der Waals surface area (Å²) >= 11 is 6.25. The number of para-hydroxylation sites is 1. The molecule has 0 saturated heterocycles. The van der Waals surface area contributed by atoms with Crippen LogP contribution in [0.4, 0.5) is 5.69 Å². The van der Waals surface area contributed by atoms with E-state index >= 15 is 0 Å². The van der Waals surface area contributed by atoms with Gasteiger partial charge in [-0.15, -0.1) is 0 Å². The highest BCUT2D eigenvalue weighted by molar-refractivity contribution is 6.34. The van der Waals surface area contributed by atoms with E-state index in [0.717, 1.165) is 12.2 Å². The van der Waals surface area contributed by atoms with Crippen LogP contribution in [0.25, 0.3) is 0 Å². The van der Waals surface area contributed by atoms with Gasteiger partial charge in [0.2, 0.25) is 5.91 Å². The molecule has 0 radical (unpaired) electrons. The summed E-state index contributed by atoms with van der Waals surface area (Å²) in [6, 6.07) is 14.4. The number of amides is 2. The highest BCUT2D eigenvalue weighted by Gasteiger charge is 2.20. The second kappa shape index (κ2) is 10.7. The van der Waals surface area contributed by atoms with Gasteiger partial charge in [-0.25, -0.2) is 0 Å². The monoisotopic (exact) mass is 417 g/mol. The number of rotatable bonds is 10. The van der Waals surface area contributed by atoms with Crippen LogP contribution < -0.4 is 20.7 Å². The summed E-state index contributed by atoms with van der Waals surface area (Å²) < 4.78 is 5.52. The molecule has 0 atom stereocenters. The zero-order valence-corrected chi connectivity index (χ0v) is 17.8. The van der Waals surface area contributed by atoms with E-state index in [-0.39, 0.29) is 23.9 Å². The lowest BCUT2D eigenvalue weighted by Gasteiger charge is -2.24. The number of ether oxygens (including phenoxy) is 1. The molecule has 0 heterocycles. The van der Waals surface area contributed by atoms with Gasteiger partial charge >= 0.3 is 0 Å². The van der Waals surface area contributed by atoms with Gasteiger partial charge in [-0.05, 0) is 50.6 Å². The Morgan fingerprint density at radius 2 is 1.83 bits per heavy atom. The highest BCUT2D eigenvalue weighted by Crippen LogP contribution is 2.22. The molecular formula is C22H28ClN3O3. The minimum absolute atomic E-state index is 0.0933. The van der Waals surface area contributed by atoms with Crippen LogP contribution in [0.5, 0.6) is 5.75 Å². The van der Waals surface area contributed by atoms with Gasteiger partial charge < -0.3 is 20.7 Å². The third kappa shape index (κ3) is 7.66. The van der Waals surface area contributed by atoms with Crippen molar-refractivity contribution in [1.82, 2.24) is 10.6 Å². The molecule has 0 saturated carbocycles. The summed E-state index contributed by atoms with van der Waals surface area (Å²) in [6.07, 6.45) is 0.807. The normalized spacial score (nSPS) is 10.9. The molecule has 0 fully saturated rings. The lowest BCUT2D eigenvalue weighted by molar-refractivity contribution is -0.119. The predicted molar refractivity (Wildman–Crippen MR) is 117 cm³/mol. The van der Waals surface area contributed by atoms with E-state index in [1.807, 2.05) is 51.1 Å². The van der Waals surface area contributed by atoms with Gasteiger partial charge in [0, 0.05) is 11.2 Å². The van der Waals surface area contributed by atoms with Gasteiger partial charge in [-0.1, -0.05) is 36.7 Å². The van der Waals surface area contributed by atoms with Crippen molar-refractivity contribution in [1.29, 1.82) is 0 Å². The standard InChI is InChI=1S/C22H28ClN3O3/c1-4-22(2,3)26-21(28)18-11-10-16(14-19(18)23)25-15-20(27)24-12-13-29-17-8-6-5-7-9-17/h5-11,14,25H,4,12-13,15H2,1-3H3,(H,24,27)(H,26,28). The van der Waals surface area contributed by atoms with E-state index in [4.69, 9.17) is 16.3 Å². The molecule has 0 unspecified atom stereocenters. The minimum Gasteiger partial charge on any atom is -0.492 e. The van der Waals surface area contributed by atoms with Crippen molar-refractivity contribution in [3.8, 4) is 5.75 Å². The molecule has 0 spiro atoms. The molecule has 156 valence electrons. The first kappa shape index (κ1) is 22.6. The van der Waals surface area contributed by atoms with E-state index in [1.54, 1.807) is 18.2 Å². The van der Waals surface area contributed by atoms with E-state index in [2.05, 4.69) is 16.0 Å². The summed E-state index contributed by atoms with van der Waals surface area (Å²) in [5.41, 5.74) is 0.762. The second-order valence-corrected chi connectivity index (χ2v) is 7.66. The van der Waals surface area contributed by atoms with Gasteiger partial charge in [-0.3, -0.25) is 9.59 Å². The smallest absolute Gasteiger partial charge is 0.253 e. The van der Waals surface area contributed by atoms with Crippen LogP contribution in [0.1, 0.15) is 37.6 Å². The fourth-order valence-corrected chi connectivity index (χ4v) is 2.66. The average Bonchev–Trinajstić information content (AvgIpc) is 2.70. The van der Waals surface area contributed by atoms with Crippen molar-refractivity contribution in [2.45, 2.75) is 32.7 Å². The van der Waals surface area contributed by atoms with E-state index in [9.17, 15) is 9.59 Å². The van der Waals surface area contributed by atoms with Gasteiger partial charge in [0.25, 0.3) is 5.91 Å². The molecule has 3 N–H and O–H groups in total. The molecule has 2 amide bonds. The molecule has 2 aromatic rings. The minimum atomic E-state index is -0.306. The molecule has 2 rings (SSSR count). The number of hydrogen-bond donors (Lipinski definition) is 3. The van der Waals surface area contributed by atoms with Crippen LogP contribution in [0.15, 0.2) is 48.5 Å². The number of nitrogens with one attached hydrogen (secondary N) is 3. The third-order valence-electron chi connectivity index (χ3n) is 4.44. The van der Waals surface area contributed by atoms with Crippen molar-refractivity contribution in [2.75, 3.05) is 25.0 Å². The zero-order chi connectivity index (χ0) is 21.3. The molecule has 0 aliphatic heterocycles. The predicted octanol–water partition coefficient (Wildman–Crippen LogP) is 3.87. The number of hydrogen-bond acceptors (Lipinski definition) is 4. The summed E-state index contributed by atoms with van der Waals surface area (Å²) in [5.74, 6) is 0.384. The van der Waals surface area contributed by atoms with Gasteiger partial charge in [0.1, 0.15) is 12.4 Å². The lowest BCUT2D eigenvalue weighted by Crippen LogP contribution is -2.42. The fraction of sp³-hybridized carbons (Fsp3) is 0.364. The maximum absolute atomic E-state index is 12.4. The molecule has 0 aromatic heterocycles. The van der Waals surface area contributed by atoms with E-state index in [0.29, 0.717) is 29.4 Å². The van der Waals surface area contributed by atoms with Crippen LogP contribution in [0.3, 0.4) is 0 Å². The molecule has 7 heteroatoms. The molecule has 29 heavy (non-hydrogen) atoms. The van der Waals surface area contributed by atoms with E-state index < -0.39 is 0 Å². The topological polar surface area (TPSA) is 79.5 Å². The van der Waals surface area contributed by atoms with Gasteiger partial charge in [0.05, 0.1) is 23.7 Å². The maximum Gasteiger partial charge on any atom is 0.253 e. The quantitative estimate of drug-likeness (QED) is 0.513. The first-order valence-electron chi connectivity index (χ1n) is 9.61. The summed E-state index contributed by atoms with van der Waals surface area (Å²) in [5, 5.41) is 9.06. The Kier molecular flexibility index (Phi) is 8.34. The largest absolute Gasteiger partial charge is 0.492 e. The number of halogens is 1. The zero-order valence-electron chi connectivity index (χ0n) is 17.0. The Balaban J connectivity index is 1.76. The number of carbonyl (C=O) groups excluding carboxylic acids is 2. The average molecular weight is 418 g/mol. The first-order valence-corrected chi connectivity index (χ1v) is 9.99. The Bertz CT molecular complexity index is 825. The maximum atomic E-state index is 12.4. The number of benzene rings is 2. The molecule has 0 aliphatic carbocycles. The number of anilines is 1. The van der Waals surface area contributed by atoms with Crippen molar-refractivity contribution in [3.63, 3.8) is 0 Å². The van der Waals surface area contributed by atoms with Crippen LogP contribution in [-0.2, 0) is 4.79 Å². The van der Waals surface area contributed by atoms with Gasteiger partial charge in [0.15, 0.2) is 0 Å². The summed E-state index contributed by atoms with van der Waals surface area (Å²) in [4.78, 5) is 24.3. The molecule has 2 aromatic carbocycles. The van der Waals surface area contributed by atoms with Crippen LogP contribution in [0, 0.1) is 0 Å². The Morgan fingerprint density at radius 1 is 1.10 bits per heavy atom. The van der Waals surface area contributed by atoms with Gasteiger partial charge in [-0.2, -0.15) is 0 Å². The molecule has 0 bridgehead atoms. The summed E-state index contributed by atoms with van der Waals surface area (Å²) in [7, 11) is 0. The van der Waals surface area contributed by atoms with Crippen molar-refractivity contribution < 1.29 is 14.3 Å². The number of carbonyl (C=O) groups is 2. The van der Waals surface area contributed by atoms with E-state index in [1.165, 1.54) is 0 Å². The Hall–Kier alpha value is -2.73. The highest BCUT2D eigenvalue weighted by atomic mass is 35.5. The molecule has 0 aliphatic rings. The third-order valence-corrected chi connectivity index (χ3v) is 4.75. The van der Waals surface area contributed by atoms with Crippen LogP contribution in [0.2, 0.25) is 5.02 Å². The Morgan fingerprint density at radius 3 is 2.48 bits per heavy atom. The summed E-state index contributed by atoms with van der Waals surface area (Å²) in [6.45, 7) is 6.81. The van der Waals surface area contributed by atoms with Crippen LogP contribution in [-0.4, -0.2) is 37.0 Å². The lowest BCUT2D eigenvalue weighted by atomic mass is 10.0.